The van der Waals surface area contributed by atoms with Crippen LogP contribution >= 0.6 is 0 Å². The van der Waals surface area contributed by atoms with Gasteiger partial charge in [0.2, 0.25) is 0 Å². The normalized spacial score (nSPS) is 33.0. The molecular formula is C8H17NO. The first-order valence-electron chi connectivity index (χ1n) is 4.13. The Bertz CT molecular complexity index is 97.4. The molecule has 1 saturated heterocycles. The molecule has 1 rings (SSSR count). The van der Waals surface area contributed by atoms with Crippen LogP contribution < -0.4 is 5.32 Å². The van der Waals surface area contributed by atoms with Crippen LogP contribution in [0.15, 0.2) is 0 Å². The number of hydrogen-bond acceptors (Lipinski definition) is 2. The topological polar surface area (TPSA) is 32.3 Å². The predicted molar refractivity (Wildman–Crippen MR) is 42.0 cm³/mol. The van der Waals surface area contributed by atoms with E-state index >= 15 is 0 Å². The standard InChI is InChI=1S/C8H17NO/c1-8(5-3-7-10)4-2-6-9-8/h9-10H,2-7H2,1H3/t8-/m1/s1. The average Bonchev–Trinajstić information content (AvgIpc) is 2.33. The van der Waals surface area contributed by atoms with Gasteiger partial charge in [-0.2, -0.15) is 0 Å². The van der Waals surface area contributed by atoms with E-state index in [0.29, 0.717) is 12.1 Å². The summed E-state index contributed by atoms with van der Waals surface area (Å²) in [7, 11) is 0. The Hall–Kier alpha value is -0.0800. The average molecular weight is 143 g/mol. The molecule has 0 aromatic heterocycles. The molecule has 2 heteroatoms. The van der Waals surface area contributed by atoms with Crippen molar-refractivity contribution in [2.45, 2.75) is 38.1 Å². The summed E-state index contributed by atoms with van der Waals surface area (Å²) in [6, 6.07) is 0. The number of hydrogen-bond donors (Lipinski definition) is 2. The van der Waals surface area contributed by atoms with E-state index in [1.54, 1.807) is 0 Å². The molecule has 10 heavy (non-hydrogen) atoms. The predicted octanol–water partition coefficient (Wildman–Crippen LogP) is 0.901. The Morgan fingerprint density at radius 3 is 2.90 bits per heavy atom. The van der Waals surface area contributed by atoms with E-state index < -0.39 is 0 Å². The number of aliphatic hydroxyl groups is 1. The minimum absolute atomic E-state index is 0.331. The van der Waals surface area contributed by atoms with Crippen molar-refractivity contribution in [3.05, 3.63) is 0 Å². The van der Waals surface area contributed by atoms with Crippen molar-refractivity contribution in [1.29, 1.82) is 0 Å². The van der Waals surface area contributed by atoms with Crippen molar-refractivity contribution < 1.29 is 5.11 Å². The van der Waals surface area contributed by atoms with Crippen LogP contribution in [0.5, 0.6) is 0 Å². The van der Waals surface area contributed by atoms with E-state index in [0.717, 1.165) is 19.4 Å². The molecule has 0 spiro atoms. The van der Waals surface area contributed by atoms with Gasteiger partial charge in [0.05, 0.1) is 0 Å². The van der Waals surface area contributed by atoms with Gasteiger partial charge in [0, 0.05) is 12.1 Å². The van der Waals surface area contributed by atoms with Crippen LogP contribution in [0.3, 0.4) is 0 Å². The van der Waals surface area contributed by atoms with Gasteiger partial charge in [0.15, 0.2) is 0 Å². The smallest absolute Gasteiger partial charge is 0.0431 e. The first-order valence-corrected chi connectivity index (χ1v) is 4.13. The van der Waals surface area contributed by atoms with Crippen LogP contribution in [0.4, 0.5) is 0 Å². The van der Waals surface area contributed by atoms with E-state index in [2.05, 4.69) is 12.2 Å². The Morgan fingerprint density at radius 1 is 1.60 bits per heavy atom. The Labute approximate surface area is 62.6 Å². The fourth-order valence-corrected chi connectivity index (χ4v) is 1.64. The third-order valence-corrected chi connectivity index (χ3v) is 2.34. The molecule has 1 atom stereocenters. The lowest BCUT2D eigenvalue weighted by Gasteiger charge is -2.23. The molecule has 1 aliphatic heterocycles. The van der Waals surface area contributed by atoms with Crippen LogP contribution in [0.25, 0.3) is 0 Å². The summed E-state index contributed by atoms with van der Waals surface area (Å²) < 4.78 is 0. The molecule has 0 bridgehead atoms. The lowest BCUT2D eigenvalue weighted by molar-refractivity contribution is 0.257. The van der Waals surface area contributed by atoms with Crippen LogP contribution in [0, 0.1) is 0 Å². The van der Waals surface area contributed by atoms with Gasteiger partial charge in [-0.3, -0.25) is 0 Å². The van der Waals surface area contributed by atoms with Crippen molar-refractivity contribution in [3.63, 3.8) is 0 Å². The van der Waals surface area contributed by atoms with Crippen molar-refractivity contribution in [1.82, 2.24) is 5.32 Å². The largest absolute Gasteiger partial charge is 0.396 e. The summed E-state index contributed by atoms with van der Waals surface area (Å²) in [5, 5.41) is 12.1. The third-order valence-electron chi connectivity index (χ3n) is 2.34. The van der Waals surface area contributed by atoms with Gasteiger partial charge in [-0.05, 0) is 39.2 Å². The van der Waals surface area contributed by atoms with Gasteiger partial charge in [-0.1, -0.05) is 0 Å². The quantitative estimate of drug-likeness (QED) is 0.615. The van der Waals surface area contributed by atoms with E-state index in [-0.39, 0.29) is 0 Å². The highest BCUT2D eigenvalue weighted by Crippen LogP contribution is 2.23. The van der Waals surface area contributed by atoms with Crippen molar-refractivity contribution in [2.75, 3.05) is 13.2 Å². The SMILES string of the molecule is C[C@]1(CCCO)CCCN1. The minimum Gasteiger partial charge on any atom is -0.396 e. The Kier molecular flexibility index (Phi) is 2.69. The maximum absolute atomic E-state index is 8.61. The number of aliphatic hydroxyl groups excluding tert-OH is 1. The summed E-state index contributed by atoms with van der Waals surface area (Å²) in [6.45, 7) is 3.73. The van der Waals surface area contributed by atoms with Gasteiger partial charge < -0.3 is 10.4 Å². The fourth-order valence-electron chi connectivity index (χ4n) is 1.64. The lowest BCUT2D eigenvalue weighted by Crippen LogP contribution is -2.36. The maximum Gasteiger partial charge on any atom is 0.0431 e. The zero-order valence-electron chi connectivity index (χ0n) is 6.69. The second-order valence-corrected chi connectivity index (χ2v) is 3.42. The van der Waals surface area contributed by atoms with Crippen LogP contribution in [0.2, 0.25) is 0 Å². The molecule has 0 radical (unpaired) electrons. The van der Waals surface area contributed by atoms with E-state index in [1.807, 2.05) is 0 Å². The highest BCUT2D eigenvalue weighted by molar-refractivity contribution is 4.87. The molecule has 1 fully saturated rings. The highest BCUT2D eigenvalue weighted by atomic mass is 16.2. The lowest BCUT2D eigenvalue weighted by atomic mass is 9.94. The molecule has 2 nitrogen and oxygen atoms in total. The maximum atomic E-state index is 8.61. The molecule has 60 valence electrons. The summed E-state index contributed by atoms with van der Waals surface area (Å²) in [5.74, 6) is 0. The molecule has 2 N–H and O–H groups in total. The molecule has 0 amide bonds. The van der Waals surface area contributed by atoms with Crippen LogP contribution in [-0.2, 0) is 0 Å². The Morgan fingerprint density at radius 2 is 2.40 bits per heavy atom. The second kappa shape index (κ2) is 3.35. The molecule has 0 aliphatic carbocycles. The van der Waals surface area contributed by atoms with Crippen molar-refractivity contribution in [3.8, 4) is 0 Å². The molecule has 0 aromatic carbocycles. The number of nitrogens with one attached hydrogen (secondary N) is 1. The molecule has 1 heterocycles. The zero-order chi connectivity index (χ0) is 7.45. The Balaban J connectivity index is 2.22. The summed E-state index contributed by atoms with van der Waals surface area (Å²) in [6.07, 6.45) is 4.61. The highest BCUT2D eigenvalue weighted by Gasteiger charge is 2.26. The minimum atomic E-state index is 0.331. The first kappa shape index (κ1) is 8.02. The molecule has 0 saturated carbocycles. The van der Waals surface area contributed by atoms with Gasteiger partial charge in [0.1, 0.15) is 0 Å². The van der Waals surface area contributed by atoms with Gasteiger partial charge in [-0.25, -0.2) is 0 Å². The summed E-state index contributed by atoms with van der Waals surface area (Å²) in [4.78, 5) is 0. The third kappa shape index (κ3) is 1.96. The monoisotopic (exact) mass is 143 g/mol. The van der Waals surface area contributed by atoms with Crippen LogP contribution in [0.1, 0.15) is 32.6 Å². The van der Waals surface area contributed by atoms with Gasteiger partial charge in [-0.15, -0.1) is 0 Å². The van der Waals surface area contributed by atoms with E-state index in [9.17, 15) is 0 Å². The summed E-state index contributed by atoms with van der Waals surface area (Å²) >= 11 is 0. The van der Waals surface area contributed by atoms with Crippen LogP contribution in [-0.4, -0.2) is 23.8 Å². The molecule has 0 aromatic rings. The molecule has 0 unspecified atom stereocenters. The van der Waals surface area contributed by atoms with E-state index in [1.165, 1.54) is 12.8 Å². The van der Waals surface area contributed by atoms with Crippen molar-refractivity contribution in [2.24, 2.45) is 0 Å². The molecular weight excluding hydrogens is 126 g/mol. The van der Waals surface area contributed by atoms with Gasteiger partial charge in [0.25, 0.3) is 0 Å². The first-order chi connectivity index (χ1) is 4.77. The van der Waals surface area contributed by atoms with Crippen molar-refractivity contribution >= 4 is 0 Å². The number of rotatable bonds is 3. The van der Waals surface area contributed by atoms with E-state index in [4.69, 9.17) is 5.11 Å². The van der Waals surface area contributed by atoms with Gasteiger partial charge >= 0.3 is 0 Å². The summed E-state index contributed by atoms with van der Waals surface area (Å²) in [5.41, 5.74) is 0.336. The zero-order valence-corrected chi connectivity index (χ0v) is 6.69. The molecule has 1 aliphatic rings. The fraction of sp³-hybridized carbons (Fsp3) is 1.00. The second-order valence-electron chi connectivity index (χ2n) is 3.42.